The Kier molecular flexibility index (Phi) is 4.07. The number of carbonyl (C=O) groups excluding carboxylic acids is 1. The number of Topliss-reactive ketones (excluding diaryl/α,β-unsaturated/α-hetero) is 1. The summed E-state index contributed by atoms with van der Waals surface area (Å²) in [5.74, 6) is 5.95. The van der Waals surface area contributed by atoms with Gasteiger partial charge in [-0.3, -0.25) is 4.79 Å². The molecule has 94 valence electrons. The van der Waals surface area contributed by atoms with E-state index in [1.54, 1.807) is 0 Å². The zero-order chi connectivity index (χ0) is 13.7. The van der Waals surface area contributed by atoms with Crippen molar-refractivity contribution in [2.75, 3.05) is 0 Å². The van der Waals surface area contributed by atoms with E-state index in [0.717, 1.165) is 24.0 Å². The number of nitrogens with zero attached hydrogens (tertiary/aromatic N) is 2. The van der Waals surface area contributed by atoms with E-state index < -0.39 is 0 Å². The Labute approximate surface area is 112 Å². The van der Waals surface area contributed by atoms with Gasteiger partial charge in [0.25, 0.3) is 5.78 Å². The van der Waals surface area contributed by atoms with Crippen molar-refractivity contribution < 1.29 is 9.58 Å². The Balaban J connectivity index is 2.31. The third-order valence-electron chi connectivity index (χ3n) is 3.10. The van der Waals surface area contributed by atoms with Gasteiger partial charge in [-0.05, 0) is 31.4 Å². The van der Waals surface area contributed by atoms with Gasteiger partial charge in [0.05, 0.1) is 0 Å². The Morgan fingerprint density at radius 2 is 1.95 bits per heavy atom. The van der Waals surface area contributed by atoms with Crippen LogP contribution >= 0.6 is 0 Å². The highest BCUT2D eigenvalue weighted by molar-refractivity contribution is 6.43. The van der Waals surface area contributed by atoms with Crippen LogP contribution in [0.15, 0.2) is 41.5 Å². The van der Waals surface area contributed by atoms with Crippen molar-refractivity contribution in [3.8, 4) is 11.8 Å². The minimum absolute atomic E-state index is 0.121. The monoisotopic (exact) mass is 250 g/mol. The maximum atomic E-state index is 12.0. The first-order valence-electron chi connectivity index (χ1n) is 6.25. The summed E-state index contributed by atoms with van der Waals surface area (Å²) in [6.45, 7) is 1.51. The first-order chi connectivity index (χ1) is 9.22. The van der Waals surface area contributed by atoms with E-state index in [4.69, 9.17) is 5.53 Å². The fraction of sp³-hybridized carbons (Fsp3) is 0.250. The second kappa shape index (κ2) is 5.95. The van der Waals surface area contributed by atoms with Gasteiger partial charge in [0, 0.05) is 23.6 Å². The van der Waals surface area contributed by atoms with Gasteiger partial charge in [-0.15, -0.1) is 0 Å². The van der Waals surface area contributed by atoms with Crippen LogP contribution in [0.25, 0.3) is 5.53 Å². The fourth-order valence-electron chi connectivity index (χ4n) is 2.07. The molecule has 3 heteroatoms. The van der Waals surface area contributed by atoms with Gasteiger partial charge < -0.3 is 5.53 Å². The zero-order valence-electron chi connectivity index (χ0n) is 10.8. The smallest absolute Gasteiger partial charge is 0.335 e. The molecule has 0 heterocycles. The molecule has 0 spiro atoms. The molecular formula is C16H14N2O. The largest absolute Gasteiger partial charge is 0.361 e. The van der Waals surface area contributed by atoms with E-state index in [9.17, 15) is 4.79 Å². The molecular weight excluding hydrogens is 236 g/mol. The SMILES string of the molecule is CC(=[N+]=[N-])C(=O)C1=C(C#Cc2ccccc2)CCC1. The molecule has 0 radical (unpaired) electrons. The minimum Gasteiger partial charge on any atom is -0.361 e. The lowest BCUT2D eigenvalue weighted by atomic mass is 10.0. The van der Waals surface area contributed by atoms with Crippen molar-refractivity contribution in [3.63, 3.8) is 0 Å². The summed E-state index contributed by atoms with van der Waals surface area (Å²) in [6.07, 6.45) is 2.46. The highest BCUT2D eigenvalue weighted by Crippen LogP contribution is 2.26. The molecule has 1 aromatic carbocycles. The predicted molar refractivity (Wildman–Crippen MR) is 73.5 cm³/mol. The van der Waals surface area contributed by atoms with E-state index in [1.807, 2.05) is 30.3 Å². The number of hydrogen-bond acceptors (Lipinski definition) is 1. The van der Waals surface area contributed by atoms with E-state index in [2.05, 4.69) is 16.6 Å². The highest BCUT2D eigenvalue weighted by atomic mass is 16.1. The molecule has 0 amide bonds. The standard InChI is InChI=1S/C16H14N2O/c1-12(18-17)16(19)15-9-5-8-14(15)11-10-13-6-3-2-4-7-13/h2-4,6-7H,5,8-9H2,1H3. The molecule has 0 N–H and O–H groups in total. The van der Waals surface area contributed by atoms with Crippen molar-refractivity contribution >= 4 is 11.5 Å². The minimum atomic E-state index is -0.197. The molecule has 0 fully saturated rings. The molecule has 19 heavy (non-hydrogen) atoms. The number of allylic oxidation sites excluding steroid dienone is 2. The average molecular weight is 250 g/mol. The lowest BCUT2D eigenvalue weighted by molar-refractivity contribution is -0.114. The van der Waals surface area contributed by atoms with Crippen LogP contribution < -0.4 is 0 Å². The Morgan fingerprint density at radius 3 is 2.63 bits per heavy atom. The summed E-state index contributed by atoms with van der Waals surface area (Å²) in [5.41, 5.74) is 11.3. The van der Waals surface area contributed by atoms with E-state index >= 15 is 0 Å². The Bertz CT molecular complexity index is 638. The number of ketones is 1. The third-order valence-corrected chi connectivity index (χ3v) is 3.10. The van der Waals surface area contributed by atoms with Crippen molar-refractivity contribution in [1.29, 1.82) is 0 Å². The van der Waals surface area contributed by atoms with Gasteiger partial charge in [0.15, 0.2) is 0 Å². The van der Waals surface area contributed by atoms with Gasteiger partial charge >= 0.3 is 5.71 Å². The molecule has 2 rings (SSSR count). The van der Waals surface area contributed by atoms with Crippen LogP contribution in [0.3, 0.4) is 0 Å². The summed E-state index contributed by atoms with van der Waals surface area (Å²) in [5, 5.41) is 0. The van der Waals surface area contributed by atoms with E-state index in [0.29, 0.717) is 12.0 Å². The quantitative estimate of drug-likeness (QED) is 0.344. The van der Waals surface area contributed by atoms with Crippen molar-refractivity contribution in [3.05, 3.63) is 52.6 Å². The molecule has 0 saturated carbocycles. The maximum absolute atomic E-state index is 12.0. The number of hydrogen-bond donors (Lipinski definition) is 0. The zero-order valence-corrected chi connectivity index (χ0v) is 10.8. The number of carbonyl (C=O) groups is 1. The molecule has 0 saturated heterocycles. The molecule has 0 bridgehead atoms. The van der Waals surface area contributed by atoms with Crippen LogP contribution in [0.4, 0.5) is 0 Å². The van der Waals surface area contributed by atoms with Gasteiger partial charge in [0.2, 0.25) is 0 Å². The predicted octanol–water partition coefficient (Wildman–Crippen LogP) is 2.78. The summed E-state index contributed by atoms with van der Waals surface area (Å²) >= 11 is 0. The van der Waals surface area contributed by atoms with E-state index in [1.165, 1.54) is 6.92 Å². The highest BCUT2D eigenvalue weighted by Gasteiger charge is 2.25. The van der Waals surface area contributed by atoms with Gasteiger partial charge in [-0.2, -0.15) is 4.79 Å². The molecule has 0 unspecified atom stereocenters. The molecule has 0 aromatic heterocycles. The second-order valence-corrected chi connectivity index (χ2v) is 4.44. The third kappa shape index (κ3) is 3.07. The van der Waals surface area contributed by atoms with Crippen LogP contribution in [0, 0.1) is 11.8 Å². The fourth-order valence-corrected chi connectivity index (χ4v) is 2.07. The second-order valence-electron chi connectivity index (χ2n) is 4.44. The maximum Gasteiger partial charge on any atom is 0.335 e. The molecule has 3 nitrogen and oxygen atoms in total. The van der Waals surface area contributed by atoms with Gasteiger partial charge in [-0.25, -0.2) is 0 Å². The molecule has 1 aliphatic carbocycles. The van der Waals surface area contributed by atoms with Crippen molar-refractivity contribution in [2.24, 2.45) is 0 Å². The number of benzene rings is 1. The first-order valence-corrected chi connectivity index (χ1v) is 6.25. The molecule has 0 atom stereocenters. The van der Waals surface area contributed by atoms with Crippen LogP contribution in [-0.2, 0) is 4.79 Å². The number of rotatable bonds is 2. The van der Waals surface area contributed by atoms with Gasteiger partial charge in [-0.1, -0.05) is 30.0 Å². The molecule has 1 aromatic rings. The van der Waals surface area contributed by atoms with Crippen molar-refractivity contribution in [1.82, 2.24) is 0 Å². The lowest BCUT2D eigenvalue weighted by Crippen LogP contribution is -2.13. The van der Waals surface area contributed by atoms with Crippen LogP contribution in [0.5, 0.6) is 0 Å². The summed E-state index contributed by atoms with van der Waals surface area (Å²) in [7, 11) is 0. The summed E-state index contributed by atoms with van der Waals surface area (Å²) < 4.78 is 0. The first kappa shape index (κ1) is 13.0. The van der Waals surface area contributed by atoms with Crippen LogP contribution in [-0.4, -0.2) is 16.3 Å². The van der Waals surface area contributed by atoms with Gasteiger partial charge in [0.1, 0.15) is 0 Å². The van der Waals surface area contributed by atoms with Crippen molar-refractivity contribution in [2.45, 2.75) is 26.2 Å². The lowest BCUT2D eigenvalue weighted by Gasteiger charge is -1.95. The summed E-state index contributed by atoms with van der Waals surface area (Å²) in [4.78, 5) is 15.0. The molecule has 1 aliphatic rings. The van der Waals surface area contributed by atoms with Crippen LogP contribution in [0.2, 0.25) is 0 Å². The summed E-state index contributed by atoms with van der Waals surface area (Å²) in [6, 6.07) is 9.67. The average Bonchev–Trinajstić information content (AvgIpc) is 2.93. The Morgan fingerprint density at radius 1 is 1.21 bits per heavy atom. The van der Waals surface area contributed by atoms with E-state index in [-0.39, 0.29) is 11.5 Å². The Hall–Kier alpha value is -2.43. The van der Waals surface area contributed by atoms with Crippen LogP contribution in [0.1, 0.15) is 31.7 Å². The molecule has 0 aliphatic heterocycles. The normalized spacial score (nSPS) is 13.5. The topological polar surface area (TPSA) is 53.5 Å².